The van der Waals surface area contributed by atoms with E-state index in [1.165, 1.54) is 32.1 Å². The van der Waals surface area contributed by atoms with Crippen molar-refractivity contribution in [2.75, 3.05) is 26.2 Å². The zero-order chi connectivity index (χ0) is 14.7. The molecule has 1 unspecified atom stereocenters. The highest BCUT2D eigenvalue weighted by atomic mass is 127. The largest absolute Gasteiger partial charge is 0.373 e. The maximum absolute atomic E-state index is 5.83. The van der Waals surface area contributed by atoms with Crippen molar-refractivity contribution < 1.29 is 4.74 Å². The molecule has 2 N–H and O–H groups in total. The van der Waals surface area contributed by atoms with Crippen LogP contribution in [0, 0.1) is 17.8 Å². The molecular formula is C17H32IN3O. The summed E-state index contributed by atoms with van der Waals surface area (Å²) in [5, 5.41) is 6.97. The standard InChI is InChI=1S/C17H31N3O.HI/c1-3-18-16(20-12-17(2)9-4-10-21-17)19-11-15(13-5-6-13)14-7-8-14;/h13-15H,3-12H2,1-2H3,(H2,18,19,20);1H. The molecule has 3 aliphatic rings. The summed E-state index contributed by atoms with van der Waals surface area (Å²) in [6.45, 7) is 7.98. The highest BCUT2D eigenvalue weighted by molar-refractivity contribution is 14.0. The van der Waals surface area contributed by atoms with Crippen LogP contribution in [0.25, 0.3) is 0 Å². The molecule has 0 aromatic heterocycles. The van der Waals surface area contributed by atoms with Crippen LogP contribution in [0.5, 0.6) is 0 Å². The molecule has 2 saturated carbocycles. The Kier molecular flexibility index (Phi) is 6.80. The third-order valence-electron chi connectivity index (χ3n) is 5.18. The first-order valence-corrected chi connectivity index (χ1v) is 8.86. The van der Waals surface area contributed by atoms with Crippen LogP contribution in [-0.2, 0) is 4.74 Å². The summed E-state index contributed by atoms with van der Waals surface area (Å²) >= 11 is 0. The van der Waals surface area contributed by atoms with Gasteiger partial charge in [0.1, 0.15) is 0 Å². The Labute approximate surface area is 152 Å². The smallest absolute Gasteiger partial charge is 0.191 e. The van der Waals surface area contributed by atoms with Crippen molar-refractivity contribution in [3.8, 4) is 0 Å². The molecule has 1 aliphatic heterocycles. The second-order valence-corrected chi connectivity index (χ2v) is 7.32. The monoisotopic (exact) mass is 421 g/mol. The topological polar surface area (TPSA) is 45.7 Å². The summed E-state index contributed by atoms with van der Waals surface area (Å²) in [6, 6.07) is 0. The van der Waals surface area contributed by atoms with Gasteiger partial charge in [-0.05, 0) is 70.1 Å². The van der Waals surface area contributed by atoms with Gasteiger partial charge in [-0.1, -0.05) is 0 Å². The first kappa shape index (κ1) is 18.3. The number of guanidine groups is 1. The molecule has 0 radical (unpaired) electrons. The summed E-state index contributed by atoms with van der Waals surface area (Å²) in [5.41, 5.74) is -0.0469. The maximum Gasteiger partial charge on any atom is 0.191 e. The fourth-order valence-electron chi connectivity index (χ4n) is 3.53. The van der Waals surface area contributed by atoms with Crippen LogP contribution < -0.4 is 10.6 Å². The third kappa shape index (κ3) is 5.25. The number of ether oxygens (including phenoxy) is 1. The Morgan fingerprint density at radius 1 is 1.23 bits per heavy atom. The van der Waals surface area contributed by atoms with Crippen molar-refractivity contribution >= 4 is 29.9 Å². The number of nitrogens with zero attached hydrogens (tertiary/aromatic N) is 1. The number of hydrogen-bond donors (Lipinski definition) is 2. The van der Waals surface area contributed by atoms with Gasteiger partial charge in [-0.3, -0.25) is 4.99 Å². The molecule has 1 saturated heterocycles. The van der Waals surface area contributed by atoms with Crippen LogP contribution in [0.3, 0.4) is 0 Å². The van der Waals surface area contributed by atoms with E-state index in [1.807, 2.05) is 0 Å². The molecular weight excluding hydrogens is 389 g/mol. The molecule has 2 aliphatic carbocycles. The molecule has 1 atom stereocenters. The third-order valence-corrected chi connectivity index (χ3v) is 5.18. The van der Waals surface area contributed by atoms with Gasteiger partial charge in [0, 0.05) is 19.7 Å². The van der Waals surface area contributed by atoms with E-state index < -0.39 is 0 Å². The predicted octanol–water partition coefficient (Wildman–Crippen LogP) is 3.16. The molecule has 3 fully saturated rings. The molecule has 22 heavy (non-hydrogen) atoms. The van der Waals surface area contributed by atoms with Gasteiger partial charge in [0.05, 0.1) is 12.1 Å². The van der Waals surface area contributed by atoms with Gasteiger partial charge in [-0.2, -0.15) is 0 Å². The van der Waals surface area contributed by atoms with Crippen LogP contribution >= 0.6 is 24.0 Å². The van der Waals surface area contributed by atoms with Crippen LogP contribution in [-0.4, -0.2) is 37.8 Å². The summed E-state index contributed by atoms with van der Waals surface area (Å²) < 4.78 is 5.83. The Balaban J connectivity index is 0.00000176. The lowest BCUT2D eigenvalue weighted by molar-refractivity contribution is 0.0283. The van der Waals surface area contributed by atoms with E-state index in [1.54, 1.807) is 0 Å². The lowest BCUT2D eigenvalue weighted by Gasteiger charge is -2.22. The summed E-state index contributed by atoms with van der Waals surface area (Å²) in [7, 11) is 0. The lowest BCUT2D eigenvalue weighted by atomic mass is 9.98. The maximum atomic E-state index is 5.83. The van der Waals surface area contributed by atoms with Gasteiger partial charge in [0.15, 0.2) is 5.96 Å². The minimum absolute atomic E-state index is 0. The Morgan fingerprint density at radius 3 is 2.41 bits per heavy atom. The highest BCUT2D eigenvalue weighted by Crippen LogP contribution is 2.48. The molecule has 4 nitrogen and oxygen atoms in total. The minimum Gasteiger partial charge on any atom is -0.373 e. The fourth-order valence-corrected chi connectivity index (χ4v) is 3.53. The van der Waals surface area contributed by atoms with E-state index in [9.17, 15) is 0 Å². The fraction of sp³-hybridized carbons (Fsp3) is 0.941. The van der Waals surface area contributed by atoms with Crippen molar-refractivity contribution in [3.05, 3.63) is 0 Å². The minimum atomic E-state index is -0.0469. The lowest BCUT2D eigenvalue weighted by Crippen LogP contribution is -2.42. The Morgan fingerprint density at radius 2 is 1.91 bits per heavy atom. The molecule has 1 heterocycles. The van der Waals surface area contributed by atoms with Crippen LogP contribution in [0.15, 0.2) is 4.99 Å². The number of aliphatic imine (C=N–C) groups is 1. The van der Waals surface area contributed by atoms with E-state index in [0.717, 1.165) is 56.4 Å². The first-order chi connectivity index (χ1) is 10.2. The van der Waals surface area contributed by atoms with E-state index in [0.29, 0.717) is 0 Å². The number of halogens is 1. The second-order valence-electron chi connectivity index (χ2n) is 7.32. The average molecular weight is 421 g/mol. The van der Waals surface area contributed by atoms with E-state index in [2.05, 4.69) is 24.5 Å². The zero-order valence-corrected chi connectivity index (χ0v) is 16.4. The van der Waals surface area contributed by atoms with E-state index in [4.69, 9.17) is 9.73 Å². The van der Waals surface area contributed by atoms with Crippen molar-refractivity contribution in [2.24, 2.45) is 22.7 Å². The summed E-state index contributed by atoms with van der Waals surface area (Å²) in [4.78, 5) is 4.77. The van der Waals surface area contributed by atoms with Crippen LogP contribution in [0.4, 0.5) is 0 Å². The average Bonchev–Trinajstić information content (AvgIpc) is 3.38. The highest BCUT2D eigenvalue weighted by Gasteiger charge is 2.41. The molecule has 3 rings (SSSR count). The molecule has 0 amide bonds. The van der Waals surface area contributed by atoms with Gasteiger partial charge < -0.3 is 15.4 Å². The van der Waals surface area contributed by atoms with Crippen molar-refractivity contribution in [1.82, 2.24) is 10.6 Å². The van der Waals surface area contributed by atoms with E-state index >= 15 is 0 Å². The predicted molar refractivity (Wildman–Crippen MR) is 102 cm³/mol. The van der Waals surface area contributed by atoms with Crippen LogP contribution in [0.1, 0.15) is 52.4 Å². The molecule has 128 valence electrons. The Bertz CT molecular complexity index is 362. The molecule has 5 heteroatoms. The molecule has 0 bridgehead atoms. The SMILES string of the molecule is CCNC(=NCC1(C)CCCO1)NCC(C1CC1)C1CC1.I. The molecule has 0 spiro atoms. The van der Waals surface area contributed by atoms with Crippen molar-refractivity contribution in [3.63, 3.8) is 0 Å². The second kappa shape index (κ2) is 8.18. The van der Waals surface area contributed by atoms with Gasteiger partial charge in [0.25, 0.3) is 0 Å². The van der Waals surface area contributed by atoms with Gasteiger partial charge in [0.2, 0.25) is 0 Å². The van der Waals surface area contributed by atoms with Crippen molar-refractivity contribution in [2.45, 2.75) is 58.0 Å². The molecule has 0 aromatic carbocycles. The summed E-state index contributed by atoms with van der Waals surface area (Å²) in [5.74, 6) is 3.83. The van der Waals surface area contributed by atoms with Gasteiger partial charge >= 0.3 is 0 Å². The van der Waals surface area contributed by atoms with Gasteiger partial charge in [-0.25, -0.2) is 0 Å². The first-order valence-electron chi connectivity index (χ1n) is 8.86. The summed E-state index contributed by atoms with van der Waals surface area (Å²) in [6.07, 6.45) is 8.08. The van der Waals surface area contributed by atoms with Gasteiger partial charge in [-0.15, -0.1) is 24.0 Å². The normalized spacial score (nSPS) is 28.6. The number of rotatable bonds is 7. The number of nitrogens with one attached hydrogen (secondary N) is 2. The zero-order valence-electron chi connectivity index (χ0n) is 14.1. The van der Waals surface area contributed by atoms with Crippen LogP contribution in [0.2, 0.25) is 0 Å². The quantitative estimate of drug-likeness (QED) is 0.377. The van der Waals surface area contributed by atoms with E-state index in [-0.39, 0.29) is 29.6 Å². The molecule has 0 aromatic rings. The number of hydrogen-bond acceptors (Lipinski definition) is 2. The van der Waals surface area contributed by atoms with Crippen molar-refractivity contribution in [1.29, 1.82) is 0 Å². The Hall–Kier alpha value is -0.0400.